The van der Waals surface area contributed by atoms with Gasteiger partial charge in [0.15, 0.2) is 5.75 Å². The Bertz CT molecular complexity index is 870. The predicted octanol–water partition coefficient (Wildman–Crippen LogP) is 3.25. The number of nitro benzene ring substituents is 1. The van der Waals surface area contributed by atoms with E-state index in [-0.39, 0.29) is 11.1 Å². The molecule has 2 rings (SSSR count). The summed E-state index contributed by atoms with van der Waals surface area (Å²) in [6.07, 6.45) is 1.14. The van der Waals surface area contributed by atoms with Gasteiger partial charge < -0.3 is 15.3 Å². The lowest BCUT2D eigenvalue weighted by atomic mass is 9.96. The van der Waals surface area contributed by atoms with Crippen molar-refractivity contribution in [3.63, 3.8) is 0 Å². The average Bonchev–Trinajstić information content (AvgIpc) is 2.48. The SMILES string of the molecule is Cc1ccc(C)c(/C(=C/c2cc([N+](=O)[O-])c(O)cc2O)C(=O)O)c1. The Kier molecular flexibility index (Phi) is 4.54. The van der Waals surface area contributed by atoms with Gasteiger partial charge in [-0.3, -0.25) is 10.1 Å². The van der Waals surface area contributed by atoms with Crippen LogP contribution in [0.25, 0.3) is 11.6 Å². The van der Waals surface area contributed by atoms with Gasteiger partial charge in [0, 0.05) is 17.7 Å². The molecule has 7 nitrogen and oxygen atoms in total. The maximum Gasteiger partial charge on any atom is 0.336 e. The number of carboxylic acid groups (broad SMARTS) is 1. The molecule has 0 saturated carbocycles. The van der Waals surface area contributed by atoms with Crippen LogP contribution in [0.4, 0.5) is 5.69 Å². The Morgan fingerprint density at radius 1 is 1.12 bits per heavy atom. The first-order valence-corrected chi connectivity index (χ1v) is 6.93. The first-order valence-electron chi connectivity index (χ1n) is 6.93. The highest BCUT2D eigenvalue weighted by Crippen LogP contribution is 2.35. The van der Waals surface area contributed by atoms with Crippen LogP contribution in [0.5, 0.6) is 11.5 Å². The topological polar surface area (TPSA) is 121 Å². The highest BCUT2D eigenvalue weighted by Gasteiger charge is 2.19. The number of hydrogen-bond donors (Lipinski definition) is 3. The van der Waals surface area contributed by atoms with Crippen LogP contribution < -0.4 is 0 Å². The fourth-order valence-corrected chi connectivity index (χ4v) is 2.28. The van der Waals surface area contributed by atoms with E-state index < -0.39 is 28.1 Å². The molecule has 3 N–H and O–H groups in total. The summed E-state index contributed by atoms with van der Waals surface area (Å²) in [4.78, 5) is 21.7. The van der Waals surface area contributed by atoms with E-state index in [4.69, 9.17) is 0 Å². The fourth-order valence-electron chi connectivity index (χ4n) is 2.28. The summed E-state index contributed by atoms with van der Waals surface area (Å²) in [6.45, 7) is 3.55. The summed E-state index contributed by atoms with van der Waals surface area (Å²) in [5, 5.41) is 39.8. The number of carboxylic acids is 1. The van der Waals surface area contributed by atoms with E-state index in [1.165, 1.54) is 0 Å². The summed E-state index contributed by atoms with van der Waals surface area (Å²) >= 11 is 0. The van der Waals surface area contributed by atoms with Crippen LogP contribution in [0.3, 0.4) is 0 Å². The molecule has 0 saturated heterocycles. The summed E-state index contributed by atoms with van der Waals surface area (Å²) in [7, 11) is 0. The van der Waals surface area contributed by atoms with E-state index >= 15 is 0 Å². The highest BCUT2D eigenvalue weighted by atomic mass is 16.6. The third-order valence-corrected chi connectivity index (χ3v) is 3.53. The van der Waals surface area contributed by atoms with Gasteiger partial charge in [-0.05, 0) is 31.1 Å². The molecule has 0 fully saturated rings. The molecule has 0 radical (unpaired) electrons. The van der Waals surface area contributed by atoms with Crippen molar-refractivity contribution in [1.29, 1.82) is 0 Å². The molecular formula is C17H15NO6. The van der Waals surface area contributed by atoms with Crippen LogP contribution >= 0.6 is 0 Å². The van der Waals surface area contributed by atoms with Crippen molar-refractivity contribution < 1.29 is 25.0 Å². The summed E-state index contributed by atoms with van der Waals surface area (Å²) < 4.78 is 0. The number of rotatable bonds is 4. The van der Waals surface area contributed by atoms with Gasteiger partial charge in [-0.25, -0.2) is 4.79 Å². The number of nitrogens with zero attached hydrogens (tertiary/aromatic N) is 1. The minimum Gasteiger partial charge on any atom is -0.507 e. The van der Waals surface area contributed by atoms with Gasteiger partial charge in [0.25, 0.3) is 0 Å². The number of carbonyl (C=O) groups is 1. The molecule has 2 aromatic carbocycles. The van der Waals surface area contributed by atoms with Crippen LogP contribution in [0, 0.1) is 24.0 Å². The second-order valence-electron chi connectivity index (χ2n) is 5.34. The van der Waals surface area contributed by atoms with E-state index in [9.17, 15) is 30.2 Å². The summed E-state index contributed by atoms with van der Waals surface area (Å²) in [6, 6.07) is 7.02. The maximum atomic E-state index is 11.6. The lowest BCUT2D eigenvalue weighted by molar-refractivity contribution is -0.385. The van der Waals surface area contributed by atoms with Gasteiger partial charge >= 0.3 is 11.7 Å². The Labute approximate surface area is 137 Å². The van der Waals surface area contributed by atoms with Gasteiger partial charge in [-0.1, -0.05) is 23.8 Å². The highest BCUT2D eigenvalue weighted by molar-refractivity contribution is 6.21. The molecule has 2 aromatic rings. The summed E-state index contributed by atoms with van der Waals surface area (Å²) in [5.41, 5.74) is 1.19. The average molecular weight is 329 g/mol. The van der Waals surface area contributed by atoms with Crippen LogP contribution in [-0.4, -0.2) is 26.2 Å². The van der Waals surface area contributed by atoms with Gasteiger partial charge in [-0.2, -0.15) is 0 Å². The number of hydrogen-bond acceptors (Lipinski definition) is 5. The fraction of sp³-hybridized carbons (Fsp3) is 0.118. The number of aliphatic carboxylic acids is 1. The molecule has 0 spiro atoms. The van der Waals surface area contributed by atoms with Crippen LogP contribution in [0.1, 0.15) is 22.3 Å². The normalized spacial score (nSPS) is 11.3. The number of aromatic hydroxyl groups is 2. The zero-order chi connectivity index (χ0) is 18.0. The molecular weight excluding hydrogens is 314 g/mol. The molecule has 0 atom stereocenters. The number of phenolic OH excluding ortho intramolecular Hbond substituents is 2. The lowest BCUT2D eigenvalue weighted by Gasteiger charge is -2.09. The third-order valence-electron chi connectivity index (χ3n) is 3.53. The number of nitro groups is 1. The molecule has 0 heterocycles. The maximum absolute atomic E-state index is 11.6. The van der Waals surface area contributed by atoms with Crippen molar-refractivity contribution in [2.24, 2.45) is 0 Å². The second kappa shape index (κ2) is 6.41. The molecule has 24 heavy (non-hydrogen) atoms. The Balaban J connectivity index is 2.69. The molecule has 0 aromatic heterocycles. The molecule has 0 unspecified atom stereocenters. The monoisotopic (exact) mass is 329 g/mol. The van der Waals surface area contributed by atoms with Crippen molar-refractivity contribution >= 4 is 23.3 Å². The Hall–Kier alpha value is -3.35. The van der Waals surface area contributed by atoms with Gasteiger partial charge in [0.2, 0.25) is 0 Å². The van der Waals surface area contributed by atoms with E-state index in [0.29, 0.717) is 11.1 Å². The molecule has 0 aliphatic rings. The van der Waals surface area contributed by atoms with Crippen molar-refractivity contribution in [2.45, 2.75) is 13.8 Å². The van der Waals surface area contributed by atoms with Crippen LogP contribution in [0.2, 0.25) is 0 Å². The second-order valence-corrected chi connectivity index (χ2v) is 5.34. The van der Waals surface area contributed by atoms with Crippen LogP contribution in [0.15, 0.2) is 30.3 Å². The zero-order valence-electron chi connectivity index (χ0n) is 13.0. The largest absolute Gasteiger partial charge is 0.507 e. The van der Waals surface area contributed by atoms with Crippen molar-refractivity contribution in [2.75, 3.05) is 0 Å². The minimum absolute atomic E-state index is 0.0715. The third kappa shape index (κ3) is 3.35. The number of benzene rings is 2. The number of phenols is 2. The van der Waals surface area contributed by atoms with Crippen molar-refractivity contribution in [3.8, 4) is 11.5 Å². The van der Waals surface area contributed by atoms with Crippen molar-refractivity contribution in [1.82, 2.24) is 0 Å². The van der Waals surface area contributed by atoms with E-state index in [2.05, 4.69) is 0 Å². The predicted molar refractivity (Wildman–Crippen MR) is 87.8 cm³/mol. The lowest BCUT2D eigenvalue weighted by Crippen LogP contribution is -2.02. The molecule has 0 aliphatic carbocycles. The summed E-state index contributed by atoms with van der Waals surface area (Å²) in [5.74, 6) is -2.39. The molecule has 124 valence electrons. The number of aryl methyl sites for hydroxylation is 2. The standard InChI is InChI=1S/C17H15NO6/c1-9-3-4-10(2)12(5-9)13(17(21)22)6-11-7-14(18(23)24)16(20)8-15(11)19/h3-8,19-20H,1-2H3,(H,21,22)/b13-6-. The van der Waals surface area contributed by atoms with Crippen molar-refractivity contribution in [3.05, 3.63) is 62.7 Å². The van der Waals surface area contributed by atoms with Crippen LogP contribution in [-0.2, 0) is 4.79 Å². The molecule has 7 heteroatoms. The Morgan fingerprint density at radius 2 is 1.79 bits per heavy atom. The van der Waals surface area contributed by atoms with E-state index in [1.807, 2.05) is 13.0 Å². The van der Waals surface area contributed by atoms with Gasteiger partial charge in [-0.15, -0.1) is 0 Å². The molecule has 0 aliphatic heterocycles. The van der Waals surface area contributed by atoms with Gasteiger partial charge in [0.05, 0.1) is 10.5 Å². The zero-order valence-corrected chi connectivity index (χ0v) is 13.0. The van der Waals surface area contributed by atoms with E-state index in [0.717, 1.165) is 23.8 Å². The molecule has 0 bridgehead atoms. The molecule has 0 amide bonds. The first kappa shape index (κ1) is 17.0. The first-order chi connectivity index (χ1) is 11.2. The quantitative estimate of drug-likeness (QED) is 0.343. The minimum atomic E-state index is -1.24. The Morgan fingerprint density at radius 3 is 2.38 bits per heavy atom. The van der Waals surface area contributed by atoms with E-state index in [1.54, 1.807) is 19.1 Å². The smallest absolute Gasteiger partial charge is 0.336 e. The van der Waals surface area contributed by atoms with Gasteiger partial charge in [0.1, 0.15) is 5.75 Å².